The Balaban J connectivity index is 1.74. The Kier molecular flexibility index (Phi) is 6.06. The van der Waals surface area contributed by atoms with Crippen molar-refractivity contribution in [1.29, 1.82) is 0 Å². The molecule has 160 valence electrons. The van der Waals surface area contributed by atoms with Crippen molar-refractivity contribution in [3.05, 3.63) is 91.8 Å². The third-order valence-corrected chi connectivity index (χ3v) is 6.53. The van der Waals surface area contributed by atoms with E-state index in [1.54, 1.807) is 0 Å². The van der Waals surface area contributed by atoms with Gasteiger partial charge in [-0.05, 0) is 64.6 Å². The van der Waals surface area contributed by atoms with E-state index >= 15 is 0 Å². The van der Waals surface area contributed by atoms with E-state index in [1.807, 2.05) is 61.5 Å². The summed E-state index contributed by atoms with van der Waals surface area (Å²) < 4.78 is 6.77. The lowest BCUT2D eigenvalue weighted by Gasteiger charge is -2.39. The molecule has 0 saturated carbocycles. The first-order chi connectivity index (χ1) is 14.7. The first-order valence-electron chi connectivity index (χ1n) is 10.5. The van der Waals surface area contributed by atoms with E-state index in [1.165, 1.54) is 0 Å². The van der Waals surface area contributed by atoms with Crippen LogP contribution in [0.5, 0.6) is 0 Å². The zero-order valence-corrected chi connectivity index (χ0v) is 20.2. The van der Waals surface area contributed by atoms with Crippen LogP contribution in [0.4, 0.5) is 0 Å². The molecular formula is C26H26INO3. The van der Waals surface area contributed by atoms with Crippen molar-refractivity contribution in [3.63, 3.8) is 0 Å². The number of benzene rings is 2. The molecule has 0 saturated heterocycles. The fraction of sp³-hybridized carbons (Fsp3) is 0.308. The molecule has 2 aromatic carbocycles. The average molecular weight is 527 g/mol. The lowest BCUT2D eigenvalue weighted by atomic mass is 9.68. The van der Waals surface area contributed by atoms with E-state index < -0.39 is 5.92 Å². The minimum Gasteiger partial charge on any atom is -0.457 e. The molecule has 1 N–H and O–H groups in total. The molecule has 0 spiro atoms. The zero-order chi connectivity index (χ0) is 22.2. The molecule has 1 aliphatic carbocycles. The summed E-state index contributed by atoms with van der Waals surface area (Å²) in [6, 6.07) is 17.7. The van der Waals surface area contributed by atoms with Gasteiger partial charge in [0.25, 0.3) is 0 Å². The molecule has 0 amide bonds. The van der Waals surface area contributed by atoms with Crippen molar-refractivity contribution in [3.8, 4) is 0 Å². The molecule has 2 aliphatic rings. The summed E-state index contributed by atoms with van der Waals surface area (Å²) in [4.78, 5) is 26.6. The van der Waals surface area contributed by atoms with Crippen LogP contribution in [-0.4, -0.2) is 11.8 Å². The molecule has 5 heteroatoms. The molecule has 0 radical (unpaired) electrons. The SMILES string of the molecule is CC1=C(C(=O)OCc2ccccc2)C(c2cccc(I)c2)C2=C(CC(C)(C)CC2=O)N1. The molecule has 2 aromatic rings. The van der Waals surface area contributed by atoms with Gasteiger partial charge in [-0.1, -0.05) is 56.3 Å². The fourth-order valence-corrected chi connectivity index (χ4v) is 5.09. The van der Waals surface area contributed by atoms with Crippen LogP contribution >= 0.6 is 22.6 Å². The highest BCUT2D eigenvalue weighted by atomic mass is 127. The van der Waals surface area contributed by atoms with Gasteiger partial charge in [-0.25, -0.2) is 4.79 Å². The summed E-state index contributed by atoms with van der Waals surface area (Å²) in [5, 5.41) is 3.38. The molecule has 4 rings (SSSR count). The van der Waals surface area contributed by atoms with E-state index in [2.05, 4.69) is 41.8 Å². The molecular weight excluding hydrogens is 501 g/mol. The maximum Gasteiger partial charge on any atom is 0.337 e. The first-order valence-corrected chi connectivity index (χ1v) is 11.5. The molecule has 1 atom stereocenters. The monoisotopic (exact) mass is 527 g/mol. The topological polar surface area (TPSA) is 55.4 Å². The fourth-order valence-electron chi connectivity index (χ4n) is 4.53. The number of halogens is 1. The predicted molar refractivity (Wildman–Crippen MR) is 129 cm³/mol. The third-order valence-electron chi connectivity index (χ3n) is 5.85. The number of rotatable bonds is 4. The Morgan fingerprint density at radius 2 is 1.87 bits per heavy atom. The van der Waals surface area contributed by atoms with Crippen LogP contribution in [0.3, 0.4) is 0 Å². The number of ether oxygens (including phenoxy) is 1. The summed E-state index contributed by atoms with van der Waals surface area (Å²) >= 11 is 2.27. The summed E-state index contributed by atoms with van der Waals surface area (Å²) in [5.74, 6) is -0.705. The van der Waals surface area contributed by atoms with Gasteiger partial charge in [-0.15, -0.1) is 0 Å². The lowest BCUT2D eigenvalue weighted by molar-refractivity contribution is -0.140. The maximum absolute atomic E-state index is 13.3. The average Bonchev–Trinajstić information content (AvgIpc) is 2.71. The van der Waals surface area contributed by atoms with Crippen LogP contribution in [0.15, 0.2) is 77.1 Å². The van der Waals surface area contributed by atoms with E-state index in [4.69, 9.17) is 4.74 Å². The Morgan fingerprint density at radius 3 is 2.58 bits per heavy atom. The number of carbonyl (C=O) groups is 2. The second-order valence-corrected chi connectivity index (χ2v) is 10.3. The van der Waals surface area contributed by atoms with E-state index in [0.29, 0.717) is 17.6 Å². The number of ketones is 1. The van der Waals surface area contributed by atoms with Crippen molar-refractivity contribution >= 4 is 34.3 Å². The normalized spacial score (nSPS) is 20.3. The Morgan fingerprint density at radius 1 is 1.13 bits per heavy atom. The molecule has 1 aliphatic heterocycles. The van der Waals surface area contributed by atoms with Gasteiger partial charge >= 0.3 is 5.97 Å². The van der Waals surface area contributed by atoms with Crippen molar-refractivity contribution < 1.29 is 14.3 Å². The van der Waals surface area contributed by atoms with Gasteiger partial charge in [0.2, 0.25) is 0 Å². The molecule has 31 heavy (non-hydrogen) atoms. The Hall–Kier alpha value is -2.41. The third kappa shape index (κ3) is 4.61. The second kappa shape index (κ2) is 8.61. The van der Waals surface area contributed by atoms with Gasteiger partial charge < -0.3 is 10.1 Å². The van der Waals surface area contributed by atoms with E-state index in [0.717, 1.165) is 32.5 Å². The predicted octanol–water partition coefficient (Wildman–Crippen LogP) is 5.64. The largest absolute Gasteiger partial charge is 0.457 e. The van der Waals surface area contributed by atoms with Crippen LogP contribution in [0.1, 0.15) is 50.7 Å². The van der Waals surface area contributed by atoms with Gasteiger partial charge in [0.05, 0.1) is 5.57 Å². The minimum atomic E-state index is -0.419. The number of Topliss-reactive ketones (excluding diaryl/α,β-unsaturated/α-hetero) is 1. The standard InChI is InChI=1S/C26H26INO3/c1-16-22(25(30)31-15-17-8-5-4-6-9-17)23(18-10-7-11-19(27)12-18)24-20(28-16)13-26(2,3)14-21(24)29/h4-12,23,28H,13-15H2,1-3H3. The Bertz CT molecular complexity index is 1100. The van der Waals surface area contributed by atoms with Crippen molar-refractivity contribution in [1.82, 2.24) is 5.32 Å². The molecule has 0 fully saturated rings. The van der Waals surface area contributed by atoms with Crippen LogP contribution < -0.4 is 5.32 Å². The number of hydrogen-bond acceptors (Lipinski definition) is 4. The van der Waals surface area contributed by atoms with Crippen LogP contribution in [0, 0.1) is 8.99 Å². The maximum atomic E-state index is 13.3. The highest BCUT2D eigenvalue weighted by Crippen LogP contribution is 2.46. The zero-order valence-electron chi connectivity index (χ0n) is 18.0. The van der Waals surface area contributed by atoms with E-state index in [9.17, 15) is 9.59 Å². The van der Waals surface area contributed by atoms with Gasteiger partial charge in [-0.3, -0.25) is 4.79 Å². The molecule has 0 bridgehead atoms. The number of esters is 1. The van der Waals surface area contributed by atoms with Crippen molar-refractivity contribution in [2.24, 2.45) is 5.41 Å². The highest BCUT2D eigenvalue weighted by Gasteiger charge is 2.43. The van der Waals surface area contributed by atoms with Crippen molar-refractivity contribution in [2.75, 3.05) is 0 Å². The molecule has 1 heterocycles. The summed E-state index contributed by atoms with van der Waals surface area (Å²) in [7, 11) is 0. The molecule has 4 nitrogen and oxygen atoms in total. The minimum absolute atomic E-state index is 0.100. The molecule has 0 aromatic heterocycles. The smallest absolute Gasteiger partial charge is 0.337 e. The van der Waals surface area contributed by atoms with Crippen LogP contribution in [-0.2, 0) is 20.9 Å². The number of carbonyl (C=O) groups excluding carboxylic acids is 2. The number of nitrogens with one attached hydrogen (secondary N) is 1. The highest BCUT2D eigenvalue weighted by molar-refractivity contribution is 14.1. The van der Waals surface area contributed by atoms with E-state index in [-0.39, 0.29) is 23.8 Å². The number of dihydropyridines is 1. The summed E-state index contributed by atoms with van der Waals surface area (Å²) in [6.45, 7) is 6.32. The summed E-state index contributed by atoms with van der Waals surface area (Å²) in [6.07, 6.45) is 1.25. The quantitative estimate of drug-likeness (QED) is 0.413. The summed E-state index contributed by atoms with van der Waals surface area (Å²) in [5.41, 5.74) is 4.68. The number of hydrogen-bond donors (Lipinski definition) is 1. The first kappa shape index (κ1) is 21.8. The van der Waals surface area contributed by atoms with Gasteiger partial charge in [-0.2, -0.15) is 0 Å². The van der Waals surface area contributed by atoms with Crippen LogP contribution in [0.2, 0.25) is 0 Å². The van der Waals surface area contributed by atoms with Gasteiger partial charge in [0, 0.05) is 32.9 Å². The second-order valence-electron chi connectivity index (χ2n) is 9.05. The van der Waals surface area contributed by atoms with Crippen molar-refractivity contribution in [2.45, 2.75) is 46.1 Å². The van der Waals surface area contributed by atoms with Crippen LogP contribution in [0.25, 0.3) is 0 Å². The molecule has 1 unspecified atom stereocenters. The lowest BCUT2D eigenvalue weighted by Crippen LogP contribution is -2.38. The van der Waals surface area contributed by atoms with Gasteiger partial charge in [0.15, 0.2) is 5.78 Å². The number of allylic oxidation sites excluding steroid dienone is 3. The van der Waals surface area contributed by atoms with Gasteiger partial charge in [0.1, 0.15) is 6.61 Å². The Labute approximate surface area is 196 Å².